The van der Waals surface area contributed by atoms with Crippen LogP contribution in [0.15, 0.2) is 4.47 Å². The van der Waals surface area contributed by atoms with Crippen molar-refractivity contribution >= 4 is 15.9 Å². The minimum atomic E-state index is 0.459. The summed E-state index contributed by atoms with van der Waals surface area (Å²) in [4.78, 5) is 0. The molecule has 1 heterocycles. The largest absolute Gasteiger partial charge is 0.316 e. The van der Waals surface area contributed by atoms with E-state index in [4.69, 9.17) is 5.10 Å². The van der Waals surface area contributed by atoms with Crippen molar-refractivity contribution in [1.29, 1.82) is 0 Å². The van der Waals surface area contributed by atoms with E-state index in [1.807, 2.05) is 0 Å². The third-order valence-electron chi connectivity index (χ3n) is 5.85. The van der Waals surface area contributed by atoms with Gasteiger partial charge >= 0.3 is 0 Å². The quantitative estimate of drug-likeness (QED) is 0.844. The van der Waals surface area contributed by atoms with Crippen LogP contribution in [0.1, 0.15) is 50.9 Å². The van der Waals surface area contributed by atoms with Crippen molar-refractivity contribution in [2.75, 3.05) is 13.1 Å². The van der Waals surface area contributed by atoms with Gasteiger partial charge in [0.1, 0.15) is 0 Å². The lowest BCUT2D eigenvalue weighted by Crippen LogP contribution is -2.41. The van der Waals surface area contributed by atoms with Gasteiger partial charge in [-0.15, -0.1) is 0 Å². The van der Waals surface area contributed by atoms with Crippen molar-refractivity contribution in [3.63, 3.8) is 0 Å². The summed E-state index contributed by atoms with van der Waals surface area (Å²) in [6, 6.07) is 0. The molecule has 0 amide bonds. The minimum absolute atomic E-state index is 0.459. The number of fused-ring (bicyclic) bond motifs is 2. The van der Waals surface area contributed by atoms with Gasteiger partial charge in [-0.05, 0) is 71.8 Å². The molecular weight excluding hydrogens is 326 g/mol. The summed E-state index contributed by atoms with van der Waals surface area (Å²) in [6.45, 7) is 6.65. The molecule has 1 aromatic heterocycles. The lowest BCUT2D eigenvalue weighted by Gasteiger charge is -2.38. The molecule has 2 bridgehead atoms. The zero-order valence-corrected chi connectivity index (χ0v) is 15.2. The maximum absolute atomic E-state index is 4.69. The highest BCUT2D eigenvalue weighted by molar-refractivity contribution is 9.10. The van der Waals surface area contributed by atoms with Gasteiger partial charge in [0.15, 0.2) is 0 Å². The van der Waals surface area contributed by atoms with Gasteiger partial charge in [-0.25, -0.2) is 0 Å². The molecule has 3 unspecified atom stereocenters. The Balaban J connectivity index is 1.87. The number of nitrogens with zero attached hydrogens (tertiary/aromatic N) is 2. The van der Waals surface area contributed by atoms with Gasteiger partial charge in [0.05, 0.1) is 15.9 Å². The molecule has 3 atom stereocenters. The van der Waals surface area contributed by atoms with E-state index >= 15 is 0 Å². The van der Waals surface area contributed by atoms with Crippen LogP contribution in [0.25, 0.3) is 0 Å². The van der Waals surface area contributed by atoms with E-state index in [1.165, 1.54) is 54.5 Å². The molecule has 4 heteroatoms. The summed E-state index contributed by atoms with van der Waals surface area (Å²) in [5.74, 6) is 1.89. The van der Waals surface area contributed by atoms with Gasteiger partial charge in [0.2, 0.25) is 0 Å². The molecule has 3 nitrogen and oxygen atoms in total. The van der Waals surface area contributed by atoms with E-state index in [2.05, 4.69) is 46.8 Å². The Bertz CT molecular complexity index is 510. The monoisotopic (exact) mass is 353 g/mol. The molecule has 21 heavy (non-hydrogen) atoms. The van der Waals surface area contributed by atoms with Crippen molar-refractivity contribution in [2.45, 2.75) is 52.4 Å². The van der Waals surface area contributed by atoms with E-state index in [9.17, 15) is 0 Å². The lowest BCUT2D eigenvalue weighted by molar-refractivity contribution is 0.154. The molecule has 2 aliphatic rings. The summed E-state index contributed by atoms with van der Waals surface area (Å²) in [6.07, 6.45) is 7.94. The second-order valence-corrected chi connectivity index (χ2v) is 7.88. The molecule has 2 fully saturated rings. The summed E-state index contributed by atoms with van der Waals surface area (Å²) in [7, 11) is 2.10. The van der Waals surface area contributed by atoms with Gasteiger partial charge in [-0.2, -0.15) is 5.10 Å². The molecular formula is C17H28BrN3. The second-order valence-electron chi connectivity index (χ2n) is 7.08. The van der Waals surface area contributed by atoms with Crippen LogP contribution in [-0.4, -0.2) is 22.9 Å². The summed E-state index contributed by atoms with van der Waals surface area (Å²) >= 11 is 3.81. The Morgan fingerprint density at radius 3 is 2.71 bits per heavy atom. The van der Waals surface area contributed by atoms with Crippen LogP contribution in [0.4, 0.5) is 0 Å². The standard InChI is InChI=1S/C17H28BrN3/c1-4-14-16(18)15(21(3)20-14)10-17(11-19-5-2)9-12-6-7-13(17)8-12/h12-13,19H,4-11H2,1-3H3. The van der Waals surface area contributed by atoms with E-state index in [-0.39, 0.29) is 0 Å². The van der Waals surface area contributed by atoms with Gasteiger partial charge < -0.3 is 5.32 Å². The van der Waals surface area contributed by atoms with Crippen molar-refractivity contribution in [2.24, 2.45) is 24.3 Å². The zero-order valence-electron chi connectivity index (χ0n) is 13.6. The average Bonchev–Trinajstić information content (AvgIpc) is 3.14. The highest BCUT2D eigenvalue weighted by Gasteiger charge is 2.50. The Hall–Kier alpha value is -0.350. The molecule has 1 aromatic rings. The van der Waals surface area contributed by atoms with Crippen LogP contribution in [0, 0.1) is 17.3 Å². The van der Waals surface area contributed by atoms with Crippen molar-refractivity contribution < 1.29 is 0 Å². The molecule has 2 saturated carbocycles. The third kappa shape index (κ3) is 2.70. The molecule has 0 radical (unpaired) electrons. The normalized spacial score (nSPS) is 31.2. The first kappa shape index (κ1) is 15.5. The first-order chi connectivity index (χ1) is 10.1. The number of aromatic nitrogens is 2. The summed E-state index contributed by atoms with van der Waals surface area (Å²) in [5.41, 5.74) is 3.06. The van der Waals surface area contributed by atoms with Gasteiger partial charge in [-0.1, -0.05) is 20.3 Å². The molecule has 0 saturated heterocycles. The average molecular weight is 354 g/mol. The first-order valence-corrected chi connectivity index (χ1v) is 9.30. The minimum Gasteiger partial charge on any atom is -0.316 e. The topological polar surface area (TPSA) is 29.9 Å². The number of halogens is 1. The number of hydrogen-bond acceptors (Lipinski definition) is 2. The molecule has 2 aliphatic carbocycles. The Kier molecular flexibility index (Phi) is 4.47. The van der Waals surface area contributed by atoms with E-state index in [0.29, 0.717) is 5.41 Å². The fourth-order valence-corrected chi connectivity index (χ4v) is 5.53. The van der Waals surface area contributed by atoms with Gasteiger partial charge in [0, 0.05) is 13.6 Å². The van der Waals surface area contributed by atoms with Crippen molar-refractivity contribution in [3.8, 4) is 0 Å². The third-order valence-corrected chi connectivity index (χ3v) is 6.77. The SMILES string of the molecule is CCNCC1(Cc2c(Br)c(CC)nn2C)CC2CCC1C2. The maximum atomic E-state index is 4.69. The smallest absolute Gasteiger partial charge is 0.0766 e. The fraction of sp³-hybridized carbons (Fsp3) is 0.824. The Labute approximate surface area is 137 Å². The predicted octanol–water partition coefficient (Wildman–Crippen LogP) is 3.70. The van der Waals surface area contributed by atoms with Gasteiger partial charge in [-0.3, -0.25) is 4.68 Å². The van der Waals surface area contributed by atoms with E-state index in [0.717, 1.165) is 24.8 Å². The van der Waals surface area contributed by atoms with E-state index < -0.39 is 0 Å². The van der Waals surface area contributed by atoms with Crippen LogP contribution >= 0.6 is 15.9 Å². The number of rotatable bonds is 6. The number of hydrogen-bond donors (Lipinski definition) is 1. The van der Waals surface area contributed by atoms with Crippen LogP contribution in [0.2, 0.25) is 0 Å². The van der Waals surface area contributed by atoms with Crippen molar-refractivity contribution in [3.05, 3.63) is 15.9 Å². The van der Waals surface area contributed by atoms with Crippen LogP contribution in [0.3, 0.4) is 0 Å². The molecule has 1 N–H and O–H groups in total. The second kappa shape index (κ2) is 6.04. The molecule has 0 spiro atoms. The highest BCUT2D eigenvalue weighted by atomic mass is 79.9. The lowest BCUT2D eigenvalue weighted by atomic mass is 9.70. The van der Waals surface area contributed by atoms with Crippen molar-refractivity contribution in [1.82, 2.24) is 15.1 Å². The molecule has 3 rings (SSSR count). The zero-order chi connectivity index (χ0) is 15.0. The summed E-state index contributed by atoms with van der Waals surface area (Å²) in [5, 5.41) is 8.34. The maximum Gasteiger partial charge on any atom is 0.0766 e. The van der Waals surface area contributed by atoms with Crippen LogP contribution < -0.4 is 5.32 Å². The van der Waals surface area contributed by atoms with Crippen LogP contribution in [-0.2, 0) is 19.9 Å². The van der Waals surface area contributed by atoms with Gasteiger partial charge in [0.25, 0.3) is 0 Å². The molecule has 0 aliphatic heterocycles. The molecule has 118 valence electrons. The van der Waals surface area contributed by atoms with Crippen LogP contribution in [0.5, 0.6) is 0 Å². The fourth-order valence-electron chi connectivity index (χ4n) is 4.77. The predicted molar refractivity (Wildman–Crippen MR) is 90.4 cm³/mol. The number of aryl methyl sites for hydroxylation is 2. The Morgan fingerprint density at radius 1 is 1.38 bits per heavy atom. The Morgan fingerprint density at radius 2 is 2.19 bits per heavy atom. The molecule has 0 aromatic carbocycles. The summed E-state index contributed by atoms with van der Waals surface area (Å²) < 4.78 is 3.37. The highest BCUT2D eigenvalue weighted by Crippen LogP contribution is 2.57. The number of nitrogens with one attached hydrogen (secondary N) is 1. The first-order valence-electron chi connectivity index (χ1n) is 8.50. The van der Waals surface area contributed by atoms with E-state index in [1.54, 1.807) is 0 Å².